The molecule has 0 atom stereocenters. The lowest BCUT2D eigenvalue weighted by Crippen LogP contribution is -2.05. The van der Waals surface area contributed by atoms with Crippen LogP contribution >= 0.6 is 11.3 Å². The van der Waals surface area contributed by atoms with Crippen LogP contribution in [0.25, 0.3) is 11.5 Å². The molecule has 3 rings (SSSR count). The number of thiazole rings is 1. The molecule has 3 aromatic rings. The zero-order chi connectivity index (χ0) is 18.0. The fourth-order valence-corrected chi connectivity index (χ4v) is 3.13. The highest BCUT2D eigenvalue weighted by atomic mass is 32.1. The van der Waals surface area contributed by atoms with Crippen LogP contribution in [0.1, 0.15) is 33.5 Å². The van der Waals surface area contributed by atoms with E-state index in [9.17, 15) is 4.79 Å². The number of anilines is 2. The van der Waals surface area contributed by atoms with Gasteiger partial charge in [0.05, 0.1) is 10.6 Å². The minimum Gasteiger partial charge on any atom is -0.478 e. The first kappa shape index (κ1) is 17.0. The lowest BCUT2D eigenvalue weighted by molar-refractivity contribution is 0.0697. The molecule has 0 unspecified atom stereocenters. The smallest absolute Gasteiger partial charge is 0.335 e. The van der Waals surface area contributed by atoms with Gasteiger partial charge in [-0.15, -0.1) is 11.3 Å². The van der Waals surface area contributed by atoms with Gasteiger partial charge in [-0.05, 0) is 44.5 Å². The molecule has 2 aromatic heterocycles. The zero-order valence-electron chi connectivity index (χ0n) is 14.2. The molecule has 0 radical (unpaired) electrons. The maximum Gasteiger partial charge on any atom is 0.335 e. The van der Waals surface area contributed by atoms with Gasteiger partial charge in [0.15, 0.2) is 5.82 Å². The van der Waals surface area contributed by atoms with Crippen molar-refractivity contribution in [2.75, 3.05) is 5.32 Å². The molecule has 2 N–H and O–H groups in total. The van der Waals surface area contributed by atoms with Gasteiger partial charge in [-0.3, -0.25) is 0 Å². The second-order valence-electron chi connectivity index (χ2n) is 5.57. The molecule has 0 aliphatic heterocycles. The Morgan fingerprint density at radius 1 is 1.16 bits per heavy atom. The summed E-state index contributed by atoms with van der Waals surface area (Å²) in [7, 11) is 0. The van der Waals surface area contributed by atoms with Crippen LogP contribution in [-0.2, 0) is 6.42 Å². The van der Waals surface area contributed by atoms with Crippen LogP contribution in [-0.4, -0.2) is 26.0 Å². The first-order valence-electron chi connectivity index (χ1n) is 7.88. The van der Waals surface area contributed by atoms with Crippen molar-refractivity contribution in [2.45, 2.75) is 27.2 Å². The Labute approximate surface area is 149 Å². The van der Waals surface area contributed by atoms with Crippen molar-refractivity contribution in [1.82, 2.24) is 15.0 Å². The highest BCUT2D eigenvalue weighted by Crippen LogP contribution is 2.26. The highest BCUT2D eigenvalue weighted by Gasteiger charge is 2.14. The number of aromatic nitrogens is 3. The fraction of sp³-hybridized carbons (Fsp3) is 0.222. The maximum atomic E-state index is 11.0. The van der Waals surface area contributed by atoms with Crippen molar-refractivity contribution < 1.29 is 9.90 Å². The number of aryl methyl sites for hydroxylation is 2. The van der Waals surface area contributed by atoms with Crippen LogP contribution in [0.15, 0.2) is 29.6 Å². The van der Waals surface area contributed by atoms with Crippen molar-refractivity contribution in [3.05, 3.63) is 51.5 Å². The van der Waals surface area contributed by atoms with Crippen LogP contribution in [0.5, 0.6) is 0 Å². The average molecular weight is 354 g/mol. The third-order valence-electron chi connectivity index (χ3n) is 3.81. The molecule has 1 aromatic carbocycles. The first-order chi connectivity index (χ1) is 12.0. The van der Waals surface area contributed by atoms with Crippen LogP contribution < -0.4 is 5.32 Å². The number of rotatable bonds is 5. The summed E-state index contributed by atoms with van der Waals surface area (Å²) in [4.78, 5) is 24.7. The number of nitrogens with one attached hydrogen (secondary N) is 1. The van der Waals surface area contributed by atoms with E-state index in [0.29, 0.717) is 5.82 Å². The van der Waals surface area contributed by atoms with Gasteiger partial charge in [-0.25, -0.2) is 19.7 Å². The zero-order valence-corrected chi connectivity index (χ0v) is 15.0. The van der Waals surface area contributed by atoms with Crippen molar-refractivity contribution in [1.29, 1.82) is 0 Å². The molecule has 0 saturated carbocycles. The monoisotopic (exact) mass is 354 g/mol. The molecule has 2 heterocycles. The van der Waals surface area contributed by atoms with Crippen LogP contribution in [0.3, 0.4) is 0 Å². The summed E-state index contributed by atoms with van der Waals surface area (Å²) in [6.45, 7) is 5.96. The molecule has 0 fully saturated rings. The summed E-state index contributed by atoms with van der Waals surface area (Å²) in [5.74, 6) is 0.363. The molecule has 0 bridgehead atoms. The third kappa shape index (κ3) is 3.66. The predicted octanol–water partition coefficient (Wildman–Crippen LogP) is 4.22. The van der Waals surface area contributed by atoms with Crippen LogP contribution in [0.4, 0.5) is 11.5 Å². The quantitative estimate of drug-likeness (QED) is 0.713. The second kappa shape index (κ2) is 6.98. The normalized spacial score (nSPS) is 10.7. The van der Waals surface area contributed by atoms with E-state index in [-0.39, 0.29) is 5.56 Å². The number of nitrogens with zero attached hydrogens (tertiary/aromatic N) is 3. The van der Waals surface area contributed by atoms with Gasteiger partial charge in [0.2, 0.25) is 0 Å². The van der Waals surface area contributed by atoms with E-state index in [1.807, 2.05) is 19.2 Å². The van der Waals surface area contributed by atoms with Gasteiger partial charge >= 0.3 is 5.97 Å². The molecular weight excluding hydrogens is 336 g/mol. The van der Waals surface area contributed by atoms with Gasteiger partial charge in [0.25, 0.3) is 0 Å². The molecule has 7 heteroatoms. The standard InChI is InChI=1S/C18H18N4O2S/c1-4-14-10(2)19-17(15-9-25-11(3)20-15)22-16(14)21-13-7-5-12(6-8-13)18(23)24/h5-9H,4H2,1-3H3,(H,23,24)(H,19,21,22). The van der Waals surface area contributed by atoms with E-state index in [2.05, 4.69) is 27.2 Å². The van der Waals surface area contributed by atoms with Gasteiger partial charge in [-0.1, -0.05) is 6.92 Å². The Balaban J connectivity index is 1.98. The Morgan fingerprint density at radius 3 is 2.44 bits per heavy atom. The number of hydrogen-bond acceptors (Lipinski definition) is 6. The predicted molar refractivity (Wildman–Crippen MR) is 98.7 cm³/mol. The average Bonchev–Trinajstić information content (AvgIpc) is 3.01. The number of benzene rings is 1. The molecule has 0 spiro atoms. The van der Waals surface area contributed by atoms with Gasteiger partial charge < -0.3 is 10.4 Å². The highest BCUT2D eigenvalue weighted by molar-refractivity contribution is 7.09. The summed E-state index contributed by atoms with van der Waals surface area (Å²) < 4.78 is 0. The molecule has 25 heavy (non-hydrogen) atoms. The minimum atomic E-state index is -0.945. The summed E-state index contributed by atoms with van der Waals surface area (Å²) >= 11 is 1.56. The molecule has 0 aliphatic rings. The number of carboxylic acid groups (broad SMARTS) is 1. The van der Waals surface area contributed by atoms with Gasteiger partial charge in [0.1, 0.15) is 11.5 Å². The van der Waals surface area contributed by atoms with E-state index in [4.69, 9.17) is 5.11 Å². The lowest BCUT2D eigenvalue weighted by atomic mass is 10.1. The Bertz CT molecular complexity index is 919. The van der Waals surface area contributed by atoms with Crippen molar-refractivity contribution in [2.24, 2.45) is 0 Å². The molecule has 0 aliphatic carbocycles. The third-order valence-corrected chi connectivity index (χ3v) is 4.58. The minimum absolute atomic E-state index is 0.249. The number of carbonyl (C=O) groups is 1. The molecule has 6 nitrogen and oxygen atoms in total. The van der Waals surface area contributed by atoms with Crippen molar-refractivity contribution in [3.63, 3.8) is 0 Å². The van der Waals surface area contributed by atoms with Crippen LogP contribution in [0.2, 0.25) is 0 Å². The van der Waals surface area contributed by atoms with E-state index in [0.717, 1.165) is 39.9 Å². The maximum absolute atomic E-state index is 11.0. The van der Waals surface area contributed by atoms with Crippen molar-refractivity contribution >= 4 is 28.8 Å². The van der Waals surface area contributed by atoms with Crippen molar-refractivity contribution in [3.8, 4) is 11.5 Å². The van der Waals surface area contributed by atoms with E-state index in [1.54, 1.807) is 35.6 Å². The van der Waals surface area contributed by atoms with E-state index in [1.165, 1.54) is 0 Å². The summed E-state index contributed by atoms with van der Waals surface area (Å²) in [5, 5.41) is 15.2. The van der Waals surface area contributed by atoms with E-state index < -0.39 is 5.97 Å². The Hall–Kier alpha value is -2.80. The number of aromatic carboxylic acids is 1. The molecule has 128 valence electrons. The van der Waals surface area contributed by atoms with Gasteiger partial charge in [-0.2, -0.15) is 0 Å². The summed E-state index contributed by atoms with van der Waals surface area (Å²) in [6.07, 6.45) is 0.789. The van der Waals surface area contributed by atoms with E-state index >= 15 is 0 Å². The summed E-state index contributed by atoms with van der Waals surface area (Å²) in [5.41, 5.74) is 3.72. The SMILES string of the molecule is CCc1c(C)nc(-c2csc(C)n2)nc1Nc1ccc(C(=O)O)cc1. The fourth-order valence-electron chi connectivity index (χ4n) is 2.54. The Morgan fingerprint density at radius 2 is 1.88 bits per heavy atom. The molecular formula is C18H18N4O2S. The number of hydrogen-bond donors (Lipinski definition) is 2. The summed E-state index contributed by atoms with van der Waals surface area (Å²) in [6, 6.07) is 6.59. The van der Waals surface area contributed by atoms with Gasteiger partial charge in [0, 0.05) is 22.3 Å². The van der Waals surface area contributed by atoms with Crippen LogP contribution in [0, 0.1) is 13.8 Å². The Kier molecular flexibility index (Phi) is 4.76. The molecule has 0 amide bonds. The number of carboxylic acids is 1. The largest absolute Gasteiger partial charge is 0.478 e. The lowest BCUT2D eigenvalue weighted by Gasteiger charge is -2.13. The second-order valence-corrected chi connectivity index (χ2v) is 6.63. The topological polar surface area (TPSA) is 88.0 Å². The first-order valence-corrected chi connectivity index (χ1v) is 8.76. The molecule has 0 saturated heterocycles.